The minimum atomic E-state index is 0.902. The number of benzene rings is 5. The van der Waals surface area contributed by atoms with Crippen LogP contribution in [-0.2, 0) is 12.8 Å². The van der Waals surface area contributed by atoms with Gasteiger partial charge in [0.2, 0.25) is 0 Å². The topological polar surface area (TPSA) is 38.3 Å². The highest BCUT2D eigenvalue weighted by Crippen LogP contribution is 2.44. The van der Waals surface area contributed by atoms with Gasteiger partial charge in [0.25, 0.3) is 0 Å². The maximum Gasteiger partial charge on any atom is 0.137 e. The second kappa shape index (κ2) is 10.8. The lowest BCUT2D eigenvalue weighted by atomic mass is 9.85. The van der Waals surface area contributed by atoms with E-state index in [0.29, 0.717) is 0 Å². The first-order valence-corrected chi connectivity index (χ1v) is 16.2. The fraction of sp³-hybridized carbons (Fsp3) is 0.116. The third-order valence-corrected chi connectivity index (χ3v) is 9.64. The highest BCUT2D eigenvalue weighted by molar-refractivity contribution is 6.06. The number of aryl methyl sites for hydroxylation is 2. The van der Waals surface area contributed by atoms with E-state index < -0.39 is 0 Å². The van der Waals surface area contributed by atoms with Crippen LogP contribution in [0.25, 0.3) is 55.8 Å². The molecule has 2 aromatic heterocycles. The van der Waals surface area contributed by atoms with Crippen molar-refractivity contribution in [3.63, 3.8) is 0 Å². The fourth-order valence-electron chi connectivity index (χ4n) is 7.37. The molecule has 5 aromatic carbocycles. The Morgan fingerprint density at radius 1 is 0.652 bits per heavy atom. The third-order valence-electron chi connectivity index (χ3n) is 9.64. The van der Waals surface area contributed by atoms with E-state index in [1.165, 1.54) is 55.5 Å². The fourth-order valence-corrected chi connectivity index (χ4v) is 7.37. The zero-order chi connectivity index (χ0) is 30.6. The Labute approximate surface area is 268 Å². The molecule has 46 heavy (non-hydrogen) atoms. The second-order valence-corrected chi connectivity index (χ2v) is 12.4. The summed E-state index contributed by atoms with van der Waals surface area (Å²) < 4.78 is 12.6. The average molecular weight is 596 g/mol. The molecule has 0 fully saturated rings. The monoisotopic (exact) mass is 595 g/mol. The molecule has 9 rings (SSSR count). The number of fused-ring (bicyclic) bond motifs is 6. The van der Waals surface area contributed by atoms with Gasteiger partial charge in [-0.05, 0) is 108 Å². The van der Waals surface area contributed by atoms with E-state index in [-0.39, 0.29) is 0 Å². The van der Waals surface area contributed by atoms with Gasteiger partial charge in [0, 0.05) is 28.6 Å². The second-order valence-electron chi connectivity index (χ2n) is 12.4. The number of hydrogen-bond donors (Lipinski definition) is 1. The van der Waals surface area contributed by atoms with Gasteiger partial charge in [-0.1, -0.05) is 84.9 Å². The molecule has 0 bridgehead atoms. The Bertz CT molecular complexity index is 2330. The lowest BCUT2D eigenvalue weighted by Crippen LogP contribution is -2.02. The van der Waals surface area contributed by atoms with Gasteiger partial charge < -0.3 is 14.2 Å². The molecule has 2 heterocycles. The Morgan fingerprint density at radius 2 is 1.48 bits per heavy atom. The summed E-state index contributed by atoms with van der Waals surface area (Å²) in [4.78, 5) is 0. The van der Waals surface area contributed by atoms with Crippen LogP contribution in [0.2, 0.25) is 0 Å². The average Bonchev–Trinajstić information content (AvgIpc) is 3.68. The minimum Gasteiger partial charge on any atom is -0.460 e. The van der Waals surface area contributed by atoms with E-state index in [4.69, 9.17) is 8.83 Å². The van der Waals surface area contributed by atoms with E-state index >= 15 is 0 Å². The lowest BCUT2D eigenvalue weighted by molar-refractivity contribution is 0.545. The number of furan rings is 2. The molecule has 0 saturated heterocycles. The zero-order valence-corrected chi connectivity index (χ0v) is 25.8. The highest BCUT2D eigenvalue weighted by Gasteiger charge is 2.25. The van der Waals surface area contributed by atoms with Gasteiger partial charge in [0.05, 0.1) is 11.1 Å². The van der Waals surface area contributed by atoms with Crippen molar-refractivity contribution < 1.29 is 8.83 Å². The standard InChI is InChI=1S/C43H33NO2/c1-27-32(29-10-3-2-4-11-29)13-7-14-33(27)35-15-8-18-40-42(35)43-37(16-9-19-41(43)46-40)44-31-23-20-28(21-24-31)30-22-25-39-36(26-30)34-12-5-6-17-38(34)45-39/h2-4,6-7,9-11,13-17,19-26,44H,5,8,12,18H2,1H3. The van der Waals surface area contributed by atoms with Crippen LogP contribution >= 0.6 is 0 Å². The predicted octanol–water partition coefficient (Wildman–Crippen LogP) is 11.9. The van der Waals surface area contributed by atoms with Crippen LogP contribution in [0.15, 0.2) is 130 Å². The molecule has 0 amide bonds. The summed E-state index contributed by atoms with van der Waals surface area (Å²) in [5, 5.41) is 6.11. The van der Waals surface area contributed by atoms with Crippen molar-refractivity contribution in [3.8, 4) is 22.3 Å². The summed E-state index contributed by atoms with van der Waals surface area (Å²) in [5.74, 6) is 2.07. The Balaban J connectivity index is 1.07. The SMILES string of the molecule is Cc1c(C2=CCCc3oc4cccc(Nc5ccc(-c6ccc7oc8c(c7c6)CCC=C8)cc5)c4c32)cccc1-c1ccccc1. The lowest BCUT2D eigenvalue weighted by Gasteiger charge is -2.19. The maximum absolute atomic E-state index is 6.53. The van der Waals surface area contributed by atoms with E-state index in [1.807, 2.05) is 0 Å². The molecule has 2 aliphatic rings. The third kappa shape index (κ3) is 4.42. The number of rotatable bonds is 5. The Kier molecular flexibility index (Phi) is 6.31. The summed E-state index contributed by atoms with van der Waals surface area (Å²) in [6, 6.07) is 38.9. The summed E-state index contributed by atoms with van der Waals surface area (Å²) >= 11 is 0. The van der Waals surface area contributed by atoms with E-state index in [2.05, 4.69) is 140 Å². The zero-order valence-electron chi connectivity index (χ0n) is 25.8. The quantitative estimate of drug-likeness (QED) is 0.215. The van der Waals surface area contributed by atoms with Crippen LogP contribution in [0.3, 0.4) is 0 Å². The smallest absolute Gasteiger partial charge is 0.137 e. The van der Waals surface area contributed by atoms with E-state index in [0.717, 1.165) is 65.1 Å². The van der Waals surface area contributed by atoms with Crippen molar-refractivity contribution in [1.82, 2.24) is 0 Å². The molecule has 0 saturated carbocycles. The first-order valence-electron chi connectivity index (χ1n) is 16.2. The van der Waals surface area contributed by atoms with Crippen molar-refractivity contribution in [2.24, 2.45) is 0 Å². The van der Waals surface area contributed by atoms with E-state index in [1.54, 1.807) is 0 Å². The molecule has 3 nitrogen and oxygen atoms in total. The highest BCUT2D eigenvalue weighted by atomic mass is 16.3. The maximum atomic E-state index is 6.53. The van der Waals surface area contributed by atoms with Gasteiger partial charge in [-0.15, -0.1) is 0 Å². The molecule has 0 aliphatic heterocycles. The summed E-state index contributed by atoms with van der Waals surface area (Å²) in [6.07, 6.45) is 10.7. The predicted molar refractivity (Wildman–Crippen MR) is 191 cm³/mol. The van der Waals surface area contributed by atoms with Crippen molar-refractivity contribution >= 4 is 45.0 Å². The van der Waals surface area contributed by atoms with Gasteiger partial charge in [-0.25, -0.2) is 0 Å². The van der Waals surface area contributed by atoms with Crippen molar-refractivity contribution in [3.05, 3.63) is 155 Å². The Hall–Kier alpha value is -5.54. The molecule has 0 spiro atoms. The van der Waals surface area contributed by atoms with Crippen molar-refractivity contribution in [2.75, 3.05) is 5.32 Å². The number of allylic oxidation sites excluding steroid dienone is 2. The number of nitrogens with one attached hydrogen (secondary N) is 1. The molecular weight excluding hydrogens is 562 g/mol. The number of anilines is 2. The van der Waals surface area contributed by atoms with E-state index in [9.17, 15) is 0 Å². The van der Waals surface area contributed by atoms with Crippen LogP contribution in [-0.4, -0.2) is 0 Å². The molecule has 0 unspecified atom stereocenters. The van der Waals surface area contributed by atoms with Gasteiger partial charge in [0.1, 0.15) is 22.7 Å². The van der Waals surface area contributed by atoms with Crippen molar-refractivity contribution in [2.45, 2.75) is 32.6 Å². The van der Waals surface area contributed by atoms with Crippen LogP contribution < -0.4 is 5.32 Å². The molecule has 0 atom stereocenters. The number of hydrogen-bond acceptors (Lipinski definition) is 3. The minimum absolute atomic E-state index is 0.902. The molecule has 3 heteroatoms. The van der Waals surface area contributed by atoms with Crippen LogP contribution in [0.1, 0.15) is 46.6 Å². The molecular formula is C43H33NO2. The van der Waals surface area contributed by atoms with Gasteiger partial charge >= 0.3 is 0 Å². The first kappa shape index (κ1) is 26.8. The molecule has 222 valence electrons. The Morgan fingerprint density at radius 3 is 2.37 bits per heavy atom. The normalized spacial score (nSPS) is 13.9. The largest absolute Gasteiger partial charge is 0.460 e. The van der Waals surface area contributed by atoms with Crippen molar-refractivity contribution in [1.29, 1.82) is 0 Å². The van der Waals surface area contributed by atoms with Crippen LogP contribution in [0.5, 0.6) is 0 Å². The van der Waals surface area contributed by atoms with Gasteiger partial charge in [-0.3, -0.25) is 0 Å². The summed E-state index contributed by atoms with van der Waals surface area (Å²) in [7, 11) is 0. The molecule has 1 N–H and O–H groups in total. The van der Waals surface area contributed by atoms with Gasteiger partial charge in [-0.2, -0.15) is 0 Å². The van der Waals surface area contributed by atoms with Crippen LogP contribution in [0, 0.1) is 6.92 Å². The summed E-state index contributed by atoms with van der Waals surface area (Å²) in [5.41, 5.74) is 15.2. The molecule has 2 aliphatic carbocycles. The summed E-state index contributed by atoms with van der Waals surface area (Å²) in [6.45, 7) is 2.24. The van der Waals surface area contributed by atoms with Crippen LogP contribution in [0.4, 0.5) is 11.4 Å². The van der Waals surface area contributed by atoms with Gasteiger partial charge in [0.15, 0.2) is 0 Å². The molecule has 7 aromatic rings. The molecule has 0 radical (unpaired) electrons. The first-order chi connectivity index (χ1) is 22.7.